The van der Waals surface area contributed by atoms with Crippen LogP contribution in [0.15, 0.2) is 24.3 Å². The normalized spacial score (nSPS) is 18.9. The molecule has 2 N–H and O–H groups in total. The lowest BCUT2D eigenvalue weighted by Gasteiger charge is -2.24. The molecule has 2 atom stereocenters. The van der Waals surface area contributed by atoms with Crippen molar-refractivity contribution in [3.8, 4) is 0 Å². The van der Waals surface area contributed by atoms with Crippen LogP contribution in [0.2, 0.25) is 0 Å². The van der Waals surface area contributed by atoms with Gasteiger partial charge < -0.3 is 10.4 Å². The molecule has 0 aromatic heterocycles. The minimum atomic E-state index is -0.963. The maximum atomic E-state index is 11.9. The molecular formula is C16H21NO3. The Kier molecular flexibility index (Phi) is 4.77. The molecule has 0 spiro atoms. The number of aliphatic carboxylic acids is 1. The Balaban J connectivity index is 1.89. The monoisotopic (exact) mass is 275 g/mol. The van der Waals surface area contributed by atoms with Crippen molar-refractivity contribution in [1.29, 1.82) is 0 Å². The molecule has 0 aliphatic heterocycles. The van der Waals surface area contributed by atoms with Gasteiger partial charge in [0.05, 0.1) is 0 Å². The number of carboxylic acid groups (broad SMARTS) is 1. The minimum Gasteiger partial charge on any atom is -0.480 e. The zero-order valence-corrected chi connectivity index (χ0v) is 11.8. The number of aryl methyl sites for hydroxylation is 1. The summed E-state index contributed by atoms with van der Waals surface area (Å²) < 4.78 is 0. The number of nitrogens with one attached hydrogen (secondary N) is 1. The van der Waals surface area contributed by atoms with E-state index in [1.54, 1.807) is 6.92 Å². The Morgan fingerprint density at radius 3 is 2.70 bits per heavy atom. The largest absolute Gasteiger partial charge is 0.480 e. The highest BCUT2D eigenvalue weighted by Crippen LogP contribution is 2.27. The highest BCUT2D eigenvalue weighted by molar-refractivity contribution is 5.83. The number of hydrogen-bond acceptors (Lipinski definition) is 2. The van der Waals surface area contributed by atoms with E-state index in [2.05, 4.69) is 17.4 Å². The fourth-order valence-corrected chi connectivity index (χ4v) is 2.80. The number of amides is 1. The topological polar surface area (TPSA) is 66.4 Å². The van der Waals surface area contributed by atoms with Crippen molar-refractivity contribution in [2.24, 2.45) is 5.92 Å². The molecule has 108 valence electrons. The molecule has 0 saturated carbocycles. The fourth-order valence-electron chi connectivity index (χ4n) is 2.80. The second-order valence-corrected chi connectivity index (χ2v) is 5.45. The summed E-state index contributed by atoms with van der Waals surface area (Å²) in [5, 5.41) is 11.5. The van der Waals surface area contributed by atoms with E-state index in [-0.39, 0.29) is 5.91 Å². The lowest BCUT2D eigenvalue weighted by Crippen LogP contribution is -2.41. The van der Waals surface area contributed by atoms with Crippen LogP contribution in [0.1, 0.15) is 37.3 Å². The molecule has 0 saturated heterocycles. The molecule has 4 nitrogen and oxygen atoms in total. The summed E-state index contributed by atoms with van der Waals surface area (Å²) in [5.74, 6) is -0.797. The first-order valence-electron chi connectivity index (χ1n) is 7.19. The first-order chi connectivity index (χ1) is 9.60. The molecule has 1 aliphatic rings. The third-order valence-corrected chi connectivity index (χ3v) is 3.96. The smallest absolute Gasteiger partial charge is 0.326 e. The highest BCUT2D eigenvalue weighted by Gasteiger charge is 2.23. The first kappa shape index (κ1) is 14.6. The standard InChI is InChI=1S/C16H21NO3/c1-2-14(16(19)20)17-15(18)10-11-7-8-12-5-3-4-6-13(12)9-11/h3-6,11,14H,2,7-10H2,1H3,(H,17,18)(H,19,20). The van der Waals surface area contributed by atoms with Gasteiger partial charge in [-0.2, -0.15) is 0 Å². The summed E-state index contributed by atoms with van der Waals surface area (Å²) in [5.41, 5.74) is 2.70. The lowest BCUT2D eigenvalue weighted by atomic mass is 9.82. The highest BCUT2D eigenvalue weighted by atomic mass is 16.4. The van der Waals surface area contributed by atoms with Crippen molar-refractivity contribution in [3.05, 3.63) is 35.4 Å². The van der Waals surface area contributed by atoms with E-state index in [9.17, 15) is 9.59 Å². The summed E-state index contributed by atoms with van der Waals surface area (Å²) >= 11 is 0. The molecule has 1 amide bonds. The van der Waals surface area contributed by atoms with E-state index in [1.165, 1.54) is 11.1 Å². The number of fused-ring (bicyclic) bond motifs is 1. The quantitative estimate of drug-likeness (QED) is 0.865. The van der Waals surface area contributed by atoms with Gasteiger partial charge in [-0.15, -0.1) is 0 Å². The molecule has 2 rings (SSSR count). The molecule has 1 aromatic carbocycles. The van der Waals surface area contributed by atoms with Crippen molar-refractivity contribution in [1.82, 2.24) is 5.32 Å². The number of benzene rings is 1. The first-order valence-corrected chi connectivity index (χ1v) is 7.19. The van der Waals surface area contributed by atoms with Gasteiger partial charge in [0.25, 0.3) is 0 Å². The van der Waals surface area contributed by atoms with E-state index in [0.29, 0.717) is 18.8 Å². The van der Waals surface area contributed by atoms with Crippen molar-refractivity contribution in [2.45, 2.75) is 45.1 Å². The zero-order valence-electron chi connectivity index (χ0n) is 11.8. The van der Waals surface area contributed by atoms with E-state index in [0.717, 1.165) is 19.3 Å². The number of carbonyl (C=O) groups excluding carboxylic acids is 1. The maximum absolute atomic E-state index is 11.9. The van der Waals surface area contributed by atoms with Crippen LogP contribution in [0.25, 0.3) is 0 Å². The van der Waals surface area contributed by atoms with Gasteiger partial charge in [0.1, 0.15) is 6.04 Å². The van der Waals surface area contributed by atoms with Crippen LogP contribution in [0.3, 0.4) is 0 Å². The SMILES string of the molecule is CCC(NC(=O)CC1CCc2ccccc2C1)C(=O)O. The van der Waals surface area contributed by atoms with Crippen LogP contribution in [-0.4, -0.2) is 23.0 Å². The zero-order chi connectivity index (χ0) is 14.5. The van der Waals surface area contributed by atoms with Crippen molar-refractivity contribution >= 4 is 11.9 Å². The van der Waals surface area contributed by atoms with Crippen LogP contribution in [0.4, 0.5) is 0 Å². The Morgan fingerprint density at radius 2 is 2.05 bits per heavy atom. The van der Waals surface area contributed by atoms with Gasteiger partial charge in [0.2, 0.25) is 5.91 Å². The third kappa shape index (κ3) is 3.59. The van der Waals surface area contributed by atoms with Gasteiger partial charge in [-0.1, -0.05) is 31.2 Å². The maximum Gasteiger partial charge on any atom is 0.326 e. The molecule has 20 heavy (non-hydrogen) atoms. The molecule has 2 unspecified atom stereocenters. The van der Waals surface area contributed by atoms with Gasteiger partial charge in [-0.3, -0.25) is 4.79 Å². The molecule has 0 bridgehead atoms. The van der Waals surface area contributed by atoms with Crippen LogP contribution < -0.4 is 5.32 Å². The molecule has 1 aliphatic carbocycles. The van der Waals surface area contributed by atoms with Crippen LogP contribution >= 0.6 is 0 Å². The second kappa shape index (κ2) is 6.55. The molecule has 0 fully saturated rings. The van der Waals surface area contributed by atoms with Crippen molar-refractivity contribution < 1.29 is 14.7 Å². The van der Waals surface area contributed by atoms with E-state index in [1.807, 2.05) is 12.1 Å². The predicted octanol–water partition coefficient (Wildman–Crippen LogP) is 2.16. The number of carboxylic acids is 1. The fraction of sp³-hybridized carbons (Fsp3) is 0.500. The Morgan fingerprint density at radius 1 is 1.35 bits per heavy atom. The second-order valence-electron chi connectivity index (χ2n) is 5.45. The Bertz CT molecular complexity index is 498. The van der Waals surface area contributed by atoms with Gasteiger partial charge in [0.15, 0.2) is 0 Å². The summed E-state index contributed by atoms with van der Waals surface area (Å²) in [6, 6.07) is 7.57. The Labute approximate surface area is 119 Å². The molecule has 4 heteroatoms. The number of hydrogen-bond donors (Lipinski definition) is 2. The Hall–Kier alpha value is -1.84. The van der Waals surface area contributed by atoms with E-state index in [4.69, 9.17) is 5.11 Å². The summed E-state index contributed by atoms with van der Waals surface area (Å²) in [7, 11) is 0. The van der Waals surface area contributed by atoms with Gasteiger partial charge >= 0.3 is 5.97 Å². The van der Waals surface area contributed by atoms with Crippen molar-refractivity contribution in [2.75, 3.05) is 0 Å². The average Bonchev–Trinajstić information content (AvgIpc) is 2.44. The van der Waals surface area contributed by atoms with Gasteiger partial charge in [-0.05, 0) is 42.7 Å². The predicted molar refractivity (Wildman–Crippen MR) is 76.4 cm³/mol. The average molecular weight is 275 g/mol. The van der Waals surface area contributed by atoms with Crippen LogP contribution in [-0.2, 0) is 22.4 Å². The van der Waals surface area contributed by atoms with Crippen molar-refractivity contribution in [3.63, 3.8) is 0 Å². The van der Waals surface area contributed by atoms with Crippen LogP contribution in [0, 0.1) is 5.92 Å². The molecular weight excluding hydrogens is 254 g/mol. The summed E-state index contributed by atoms with van der Waals surface area (Å²) in [6.07, 6.45) is 3.73. The van der Waals surface area contributed by atoms with Gasteiger partial charge in [-0.25, -0.2) is 4.79 Å². The number of carbonyl (C=O) groups is 2. The van der Waals surface area contributed by atoms with E-state index >= 15 is 0 Å². The minimum absolute atomic E-state index is 0.149. The summed E-state index contributed by atoms with van der Waals surface area (Å²) in [4.78, 5) is 22.8. The molecule has 0 radical (unpaired) electrons. The van der Waals surface area contributed by atoms with Gasteiger partial charge in [0, 0.05) is 6.42 Å². The summed E-state index contributed by atoms with van der Waals surface area (Å²) in [6.45, 7) is 1.76. The molecule has 1 aromatic rings. The lowest BCUT2D eigenvalue weighted by molar-refractivity contribution is -0.142. The third-order valence-electron chi connectivity index (χ3n) is 3.96. The molecule has 0 heterocycles. The van der Waals surface area contributed by atoms with Crippen LogP contribution in [0.5, 0.6) is 0 Å². The number of rotatable bonds is 5. The van der Waals surface area contributed by atoms with E-state index < -0.39 is 12.0 Å².